The van der Waals surface area contributed by atoms with E-state index < -0.39 is 16.1 Å². The third kappa shape index (κ3) is 4.94. The fraction of sp³-hybridized carbons (Fsp3) is 0.438. The highest BCUT2D eigenvalue weighted by molar-refractivity contribution is 8.15. The summed E-state index contributed by atoms with van der Waals surface area (Å²) < 4.78 is 5.08. The summed E-state index contributed by atoms with van der Waals surface area (Å²) in [4.78, 5) is 38.9. The monoisotopic (exact) mass is 380 g/mol. The minimum atomic E-state index is -0.568. The molecule has 2 N–H and O–H groups in total. The smallest absolute Gasteiger partial charge is 0.273 e. The number of nitro groups is 1. The number of amidine groups is 1. The van der Waals surface area contributed by atoms with E-state index >= 15 is 0 Å². The van der Waals surface area contributed by atoms with E-state index in [0.717, 1.165) is 6.42 Å². The van der Waals surface area contributed by atoms with Gasteiger partial charge in [-0.1, -0.05) is 18.7 Å². The molecule has 0 bridgehead atoms. The number of amides is 2. The molecule has 0 unspecified atom stereocenters. The van der Waals surface area contributed by atoms with Crippen molar-refractivity contribution in [3.05, 3.63) is 28.3 Å². The Morgan fingerprint density at radius 1 is 1.54 bits per heavy atom. The maximum absolute atomic E-state index is 12.3. The van der Waals surface area contributed by atoms with Crippen LogP contribution in [-0.2, 0) is 9.59 Å². The molecule has 10 heteroatoms. The minimum absolute atomic E-state index is 0.0455. The van der Waals surface area contributed by atoms with E-state index in [2.05, 4.69) is 15.6 Å². The third-order valence-corrected chi connectivity index (χ3v) is 4.84. The third-order valence-electron chi connectivity index (χ3n) is 3.75. The molecule has 2 atom stereocenters. The molecule has 0 spiro atoms. The molecule has 9 nitrogen and oxygen atoms in total. The van der Waals surface area contributed by atoms with Gasteiger partial charge in [0.05, 0.1) is 23.8 Å². The number of hydrogen-bond acceptors (Lipinski definition) is 7. The Balaban J connectivity index is 2.02. The van der Waals surface area contributed by atoms with Crippen LogP contribution in [0.25, 0.3) is 0 Å². The van der Waals surface area contributed by atoms with Gasteiger partial charge in [0.2, 0.25) is 11.8 Å². The second-order valence-corrected chi connectivity index (χ2v) is 6.87. The first-order valence-corrected chi connectivity index (χ1v) is 8.89. The lowest BCUT2D eigenvalue weighted by Gasteiger charge is -2.11. The molecule has 140 valence electrons. The second-order valence-electron chi connectivity index (χ2n) is 5.68. The first-order valence-electron chi connectivity index (χ1n) is 8.01. The number of carbonyl (C=O) groups is 2. The van der Waals surface area contributed by atoms with Crippen LogP contribution in [0.15, 0.2) is 23.2 Å². The van der Waals surface area contributed by atoms with Crippen LogP contribution in [-0.4, -0.2) is 40.3 Å². The highest BCUT2D eigenvalue weighted by atomic mass is 32.2. The normalized spacial score (nSPS) is 19.1. The van der Waals surface area contributed by atoms with Gasteiger partial charge in [0.1, 0.15) is 11.0 Å². The Morgan fingerprint density at radius 2 is 2.27 bits per heavy atom. The average molecular weight is 380 g/mol. The standard InChI is InChI=1S/C16H20N4O5S/c1-4-9(2)17-16-19-15(22)13(26-16)8-14(21)18-11-6-5-10(20(23)24)7-12(11)25-3/h5-7,9,13H,4,8H2,1-3H3,(H,18,21)(H,17,19,22)/t9-,13+/m1/s1. The number of non-ortho nitro benzene ring substituents is 1. The van der Waals surface area contributed by atoms with Gasteiger partial charge in [-0.05, 0) is 19.4 Å². The number of methoxy groups -OCH3 is 1. The zero-order valence-electron chi connectivity index (χ0n) is 14.6. The fourth-order valence-corrected chi connectivity index (χ4v) is 3.23. The highest BCUT2D eigenvalue weighted by Crippen LogP contribution is 2.30. The summed E-state index contributed by atoms with van der Waals surface area (Å²) in [5, 5.41) is 16.1. The number of anilines is 1. The number of nitrogens with one attached hydrogen (secondary N) is 2. The number of thioether (sulfide) groups is 1. The van der Waals surface area contributed by atoms with Crippen molar-refractivity contribution in [3.8, 4) is 5.75 Å². The summed E-state index contributed by atoms with van der Waals surface area (Å²) in [6.45, 7) is 3.94. The Labute approximate surface area is 154 Å². The number of carbonyl (C=O) groups excluding carboxylic acids is 2. The van der Waals surface area contributed by atoms with E-state index in [1.165, 1.54) is 37.1 Å². The Kier molecular flexibility index (Phi) is 6.56. The van der Waals surface area contributed by atoms with Crippen LogP contribution < -0.4 is 15.4 Å². The van der Waals surface area contributed by atoms with E-state index in [-0.39, 0.29) is 29.8 Å². The molecule has 1 aromatic carbocycles. The van der Waals surface area contributed by atoms with E-state index in [4.69, 9.17) is 4.74 Å². The molecule has 0 radical (unpaired) electrons. The van der Waals surface area contributed by atoms with E-state index in [9.17, 15) is 19.7 Å². The van der Waals surface area contributed by atoms with Crippen molar-refractivity contribution in [1.29, 1.82) is 0 Å². The second kappa shape index (κ2) is 8.65. The van der Waals surface area contributed by atoms with Gasteiger partial charge in [-0.25, -0.2) is 0 Å². The molecule has 1 heterocycles. The van der Waals surface area contributed by atoms with Gasteiger partial charge in [0.25, 0.3) is 5.69 Å². The first-order chi connectivity index (χ1) is 12.3. The predicted molar refractivity (Wildman–Crippen MR) is 99.6 cm³/mol. The summed E-state index contributed by atoms with van der Waals surface area (Å²) >= 11 is 1.23. The summed E-state index contributed by atoms with van der Waals surface area (Å²) in [6.07, 6.45) is 0.807. The van der Waals surface area contributed by atoms with Gasteiger partial charge in [-0.3, -0.25) is 24.7 Å². The molecule has 0 aliphatic carbocycles. The maximum Gasteiger partial charge on any atom is 0.273 e. The molecule has 0 saturated carbocycles. The van der Waals surface area contributed by atoms with E-state index in [0.29, 0.717) is 10.9 Å². The molecule has 1 fully saturated rings. The van der Waals surface area contributed by atoms with E-state index in [1.807, 2.05) is 13.8 Å². The van der Waals surface area contributed by atoms with Gasteiger partial charge < -0.3 is 15.4 Å². The largest absolute Gasteiger partial charge is 0.494 e. The lowest BCUT2D eigenvalue weighted by atomic mass is 10.2. The SMILES string of the molecule is CC[C@@H](C)N=C1NC(=O)[C@H](CC(=O)Nc2ccc([N+](=O)[O-])cc2OC)S1. The predicted octanol–water partition coefficient (Wildman–Crippen LogP) is 2.32. The Morgan fingerprint density at radius 3 is 2.88 bits per heavy atom. The fourth-order valence-electron chi connectivity index (χ4n) is 2.16. The van der Waals surface area contributed by atoms with Crippen molar-refractivity contribution in [2.45, 2.75) is 38.0 Å². The topological polar surface area (TPSA) is 123 Å². The van der Waals surface area contributed by atoms with Gasteiger partial charge in [0, 0.05) is 18.5 Å². The van der Waals surface area contributed by atoms with E-state index in [1.54, 1.807) is 0 Å². The molecule has 2 amide bonds. The zero-order chi connectivity index (χ0) is 19.3. The lowest BCUT2D eigenvalue weighted by Crippen LogP contribution is -2.28. The van der Waals surface area contributed by atoms with Crippen LogP contribution >= 0.6 is 11.8 Å². The molecular weight excluding hydrogens is 360 g/mol. The summed E-state index contributed by atoms with van der Waals surface area (Å²) in [5.74, 6) is -0.479. The molecule has 1 aromatic rings. The van der Waals surface area contributed by atoms with Crippen molar-refractivity contribution in [2.75, 3.05) is 12.4 Å². The number of aliphatic imine (C=N–C) groups is 1. The summed E-state index contributed by atoms with van der Waals surface area (Å²) in [7, 11) is 1.35. The first kappa shape index (κ1) is 19.7. The quantitative estimate of drug-likeness (QED) is 0.553. The number of nitrogens with zero attached hydrogens (tertiary/aromatic N) is 2. The number of rotatable bonds is 7. The van der Waals surface area contributed by atoms with Crippen LogP contribution in [0.4, 0.5) is 11.4 Å². The van der Waals surface area contributed by atoms with Crippen LogP contribution in [0.5, 0.6) is 5.75 Å². The molecular formula is C16H20N4O5S. The number of ether oxygens (including phenoxy) is 1. The Hall–Kier alpha value is -2.62. The van der Waals surface area contributed by atoms with Gasteiger partial charge in [-0.15, -0.1) is 0 Å². The number of benzene rings is 1. The minimum Gasteiger partial charge on any atom is -0.494 e. The molecule has 0 aromatic heterocycles. The van der Waals surface area contributed by atoms with Crippen molar-refractivity contribution in [1.82, 2.24) is 5.32 Å². The lowest BCUT2D eigenvalue weighted by molar-refractivity contribution is -0.384. The van der Waals surface area contributed by atoms with Crippen LogP contribution in [0, 0.1) is 10.1 Å². The molecule has 1 aliphatic rings. The molecule has 1 saturated heterocycles. The summed E-state index contributed by atoms with van der Waals surface area (Å²) in [5.41, 5.74) is 0.163. The van der Waals surface area contributed by atoms with Gasteiger partial charge in [-0.2, -0.15) is 0 Å². The van der Waals surface area contributed by atoms with Crippen LogP contribution in [0.3, 0.4) is 0 Å². The number of hydrogen-bond donors (Lipinski definition) is 2. The van der Waals surface area contributed by atoms with Gasteiger partial charge in [0.15, 0.2) is 5.17 Å². The highest BCUT2D eigenvalue weighted by Gasteiger charge is 2.32. The zero-order valence-corrected chi connectivity index (χ0v) is 15.5. The number of nitro benzene ring substituents is 1. The molecule has 26 heavy (non-hydrogen) atoms. The maximum atomic E-state index is 12.3. The van der Waals surface area contributed by atoms with Crippen LogP contribution in [0.1, 0.15) is 26.7 Å². The molecule has 1 aliphatic heterocycles. The van der Waals surface area contributed by atoms with Crippen molar-refractivity contribution < 1.29 is 19.2 Å². The average Bonchev–Trinajstić information content (AvgIpc) is 2.93. The van der Waals surface area contributed by atoms with Crippen LogP contribution in [0.2, 0.25) is 0 Å². The Bertz CT molecular complexity index is 752. The molecule has 2 rings (SSSR count). The van der Waals surface area contributed by atoms with Crippen molar-refractivity contribution >= 4 is 40.1 Å². The van der Waals surface area contributed by atoms with Crippen molar-refractivity contribution in [3.63, 3.8) is 0 Å². The van der Waals surface area contributed by atoms with Crippen molar-refractivity contribution in [2.24, 2.45) is 4.99 Å². The summed E-state index contributed by atoms with van der Waals surface area (Å²) in [6, 6.07) is 3.98. The van der Waals surface area contributed by atoms with Gasteiger partial charge >= 0.3 is 0 Å².